The monoisotopic (exact) mass is 395 g/mol. The molecule has 0 atom stereocenters. The Bertz CT molecular complexity index is 617. The Kier molecular flexibility index (Phi) is 5.24. The molecule has 0 aliphatic rings. The predicted molar refractivity (Wildman–Crippen MR) is 89.1 cm³/mol. The van der Waals surface area contributed by atoms with Crippen LogP contribution in [0.4, 0.5) is 5.69 Å². The highest BCUT2D eigenvalue weighted by Crippen LogP contribution is 2.34. The van der Waals surface area contributed by atoms with Crippen molar-refractivity contribution in [3.05, 3.63) is 43.1 Å². The van der Waals surface area contributed by atoms with Crippen LogP contribution < -0.4 is 5.32 Å². The third kappa shape index (κ3) is 3.25. The van der Waals surface area contributed by atoms with Crippen molar-refractivity contribution in [3.63, 3.8) is 0 Å². The van der Waals surface area contributed by atoms with Crippen LogP contribution in [0.2, 0.25) is 15.1 Å². The third-order valence-corrected chi connectivity index (χ3v) is 4.74. The summed E-state index contributed by atoms with van der Waals surface area (Å²) >= 11 is 21.8. The number of benzene rings is 1. The second-order valence-corrected chi connectivity index (χ2v) is 6.30. The first-order valence-corrected chi connectivity index (χ1v) is 7.97. The fourth-order valence-corrected chi connectivity index (χ4v) is 3.30. The first-order chi connectivity index (χ1) is 9.43. The number of nitrogens with one attached hydrogen (secondary N) is 1. The maximum Gasteiger partial charge on any atom is 0.0739 e. The Hall–Kier alpha value is -0.420. The van der Waals surface area contributed by atoms with Gasteiger partial charge in [-0.3, -0.25) is 4.68 Å². The van der Waals surface area contributed by atoms with E-state index in [-0.39, 0.29) is 0 Å². The first kappa shape index (κ1) is 16.0. The van der Waals surface area contributed by atoms with Gasteiger partial charge in [0.25, 0.3) is 0 Å². The molecule has 1 aromatic carbocycles. The molecule has 3 nitrogen and oxygen atoms in total. The number of aryl methyl sites for hydroxylation is 2. The summed E-state index contributed by atoms with van der Waals surface area (Å²) in [5, 5.41) is 9.19. The minimum Gasteiger partial charge on any atom is -0.377 e. The van der Waals surface area contributed by atoms with Crippen molar-refractivity contribution >= 4 is 56.4 Å². The molecule has 2 aromatic rings. The quantitative estimate of drug-likeness (QED) is 0.733. The van der Waals surface area contributed by atoms with Crippen LogP contribution in [0.25, 0.3) is 0 Å². The largest absolute Gasteiger partial charge is 0.377 e. The van der Waals surface area contributed by atoms with Crippen LogP contribution in [0.15, 0.2) is 16.6 Å². The highest BCUT2D eigenvalue weighted by Gasteiger charge is 2.13. The maximum atomic E-state index is 6.15. The van der Waals surface area contributed by atoms with Crippen LogP contribution >= 0.6 is 50.7 Å². The van der Waals surface area contributed by atoms with Crippen molar-refractivity contribution in [3.8, 4) is 0 Å². The van der Waals surface area contributed by atoms with E-state index in [9.17, 15) is 0 Å². The summed E-state index contributed by atoms with van der Waals surface area (Å²) in [5.74, 6) is 0. The highest BCUT2D eigenvalue weighted by molar-refractivity contribution is 9.10. The lowest BCUT2D eigenvalue weighted by molar-refractivity contribution is 0.622. The van der Waals surface area contributed by atoms with Crippen LogP contribution in [0, 0.1) is 6.92 Å². The average molecular weight is 398 g/mol. The molecule has 7 heteroatoms. The summed E-state index contributed by atoms with van der Waals surface area (Å²) in [5.41, 5.74) is 2.68. The molecule has 0 unspecified atom stereocenters. The Morgan fingerprint density at radius 3 is 2.40 bits per heavy atom. The number of hydrogen-bond acceptors (Lipinski definition) is 2. The molecule has 0 spiro atoms. The van der Waals surface area contributed by atoms with Crippen molar-refractivity contribution in [2.75, 3.05) is 5.32 Å². The van der Waals surface area contributed by atoms with Crippen LogP contribution in [-0.2, 0) is 13.1 Å². The first-order valence-electron chi connectivity index (χ1n) is 6.04. The van der Waals surface area contributed by atoms with Crippen molar-refractivity contribution in [2.45, 2.75) is 26.9 Å². The zero-order chi connectivity index (χ0) is 14.9. The third-order valence-electron chi connectivity index (χ3n) is 2.89. The van der Waals surface area contributed by atoms with E-state index in [1.54, 1.807) is 12.1 Å². The molecule has 0 saturated carbocycles. The standard InChI is InChI=1S/C13H13BrCl3N3/c1-3-20-11(12(14)7(2)19-20)6-18-13-9(16)4-8(15)5-10(13)17/h4-5,18H,3,6H2,1-2H3. The smallest absolute Gasteiger partial charge is 0.0739 e. The van der Waals surface area contributed by atoms with Gasteiger partial charge in [0.2, 0.25) is 0 Å². The Labute approximate surface area is 141 Å². The van der Waals surface area contributed by atoms with Gasteiger partial charge in [-0.15, -0.1) is 0 Å². The Morgan fingerprint density at radius 2 is 1.85 bits per heavy atom. The summed E-state index contributed by atoms with van der Waals surface area (Å²) in [6.07, 6.45) is 0. The summed E-state index contributed by atoms with van der Waals surface area (Å²) < 4.78 is 2.93. The second-order valence-electron chi connectivity index (χ2n) is 4.26. The number of hydrogen-bond donors (Lipinski definition) is 1. The molecule has 0 bridgehead atoms. The van der Waals surface area contributed by atoms with Crippen LogP contribution in [-0.4, -0.2) is 9.78 Å². The molecule has 0 aliphatic carbocycles. The van der Waals surface area contributed by atoms with E-state index in [0.717, 1.165) is 22.4 Å². The minimum atomic E-state index is 0.498. The number of rotatable bonds is 4. The molecule has 0 fully saturated rings. The molecule has 0 amide bonds. The zero-order valence-corrected chi connectivity index (χ0v) is 14.8. The SMILES string of the molecule is CCn1nc(C)c(Br)c1CNc1c(Cl)cc(Cl)cc1Cl. The fraction of sp³-hybridized carbons (Fsp3) is 0.308. The van der Waals surface area contributed by atoms with Crippen LogP contribution in [0.3, 0.4) is 0 Å². The van der Waals surface area contributed by atoms with Crippen LogP contribution in [0.1, 0.15) is 18.3 Å². The average Bonchev–Trinajstić information content (AvgIpc) is 2.64. The molecule has 1 N–H and O–H groups in total. The minimum absolute atomic E-state index is 0.498. The lowest BCUT2D eigenvalue weighted by Gasteiger charge is -2.12. The maximum absolute atomic E-state index is 6.15. The Balaban J connectivity index is 2.26. The van der Waals surface area contributed by atoms with E-state index in [1.807, 2.05) is 18.5 Å². The van der Waals surface area contributed by atoms with Crippen molar-refractivity contribution in [1.82, 2.24) is 9.78 Å². The van der Waals surface area contributed by atoms with Gasteiger partial charge in [0.1, 0.15) is 0 Å². The molecule has 1 aromatic heterocycles. The highest BCUT2D eigenvalue weighted by atomic mass is 79.9. The van der Waals surface area contributed by atoms with Gasteiger partial charge >= 0.3 is 0 Å². The summed E-state index contributed by atoms with van der Waals surface area (Å²) in [6, 6.07) is 3.32. The van der Waals surface area contributed by atoms with Gasteiger partial charge in [-0.1, -0.05) is 34.8 Å². The lowest BCUT2D eigenvalue weighted by Crippen LogP contribution is -2.09. The molecule has 20 heavy (non-hydrogen) atoms. The van der Waals surface area contributed by atoms with Crippen molar-refractivity contribution < 1.29 is 0 Å². The van der Waals surface area contributed by atoms with Crippen molar-refractivity contribution in [1.29, 1.82) is 0 Å². The van der Waals surface area contributed by atoms with Crippen molar-refractivity contribution in [2.24, 2.45) is 0 Å². The fourth-order valence-electron chi connectivity index (χ4n) is 1.92. The van der Waals surface area contributed by atoms with E-state index in [1.165, 1.54) is 0 Å². The summed E-state index contributed by atoms with van der Waals surface area (Å²) in [6.45, 7) is 5.37. The molecule has 0 saturated heterocycles. The van der Waals surface area contributed by atoms with Gasteiger partial charge in [0, 0.05) is 11.6 Å². The topological polar surface area (TPSA) is 29.9 Å². The number of anilines is 1. The molecule has 0 radical (unpaired) electrons. The normalized spacial score (nSPS) is 10.9. The van der Waals surface area contributed by atoms with Gasteiger partial charge in [0.15, 0.2) is 0 Å². The Morgan fingerprint density at radius 1 is 1.25 bits per heavy atom. The second kappa shape index (κ2) is 6.56. The van der Waals surface area contributed by atoms with E-state index in [0.29, 0.717) is 27.3 Å². The number of nitrogens with zero attached hydrogens (tertiary/aromatic N) is 2. The van der Waals surface area contributed by atoms with Crippen LogP contribution in [0.5, 0.6) is 0 Å². The number of halogens is 4. The molecular weight excluding hydrogens is 384 g/mol. The lowest BCUT2D eigenvalue weighted by atomic mass is 10.3. The van der Waals surface area contributed by atoms with Gasteiger partial charge in [-0.25, -0.2) is 0 Å². The van der Waals surface area contributed by atoms with E-state index >= 15 is 0 Å². The molecule has 1 heterocycles. The van der Waals surface area contributed by atoms with Gasteiger partial charge in [0.05, 0.1) is 38.1 Å². The van der Waals surface area contributed by atoms with Gasteiger partial charge in [-0.05, 0) is 41.9 Å². The summed E-state index contributed by atoms with van der Waals surface area (Å²) in [7, 11) is 0. The van der Waals surface area contributed by atoms with Gasteiger partial charge in [-0.2, -0.15) is 5.10 Å². The van der Waals surface area contributed by atoms with E-state index in [2.05, 4.69) is 26.3 Å². The van der Waals surface area contributed by atoms with Gasteiger partial charge < -0.3 is 5.32 Å². The molecule has 0 aliphatic heterocycles. The molecular formula is C13H13BrCl3N3. The summed E-state index contributed by atoms with van der Waals surface area (Å²) in [4.78, 5) is 0. The number of aromatic nitrogens is 2. The zero-order valence-electron chi connectivity index (χ0n) is 11.0. The predicted octanol–water partition coefficient (Wildman–Crippen LogP) is 5.55. The molecule has 108 valence electrons. The molecule has 2 rings (SSSR count). The van der Waals surface area contributed by atoms with E-state index < -0.39 is 0 Å². The van der Waals surface area contributed by atoms with E-state index in [4.69, 9.17) is 34.8 Å².